The Morgan fingerprint density at radius 3 is 2.52 bits per heavy atom. The van der Waals surface area contributed by atoms with E-state index in [-0.39, 0.29) is 17.0 Å². The quantitative estimate of drug-likeness (QED) is 0.399. The number of rotatable bonds is 3. The van der Waals surface area contributed by atoms with Crippen molar-refractivity contribution in [2.75, 3.05) is 0 Å². The fourth-order valence-electron chi connectivity index (χ4n) is 3.13. The van der Waals surface area contributed by atoms with Crippen LogP contribution in [0.2, 0.25) is 0 Å². The number of benzene rings is 2. The minimum atomic E-state index is -1.55. The van der Waals surface area contributed by atoms with E-state index in [1.807, 2.05) is 0 Å². The van der Waals surface area contributed by atoms with Crippen LogP contribution >= 0.6 is 0 Å². The van der Waals surface area contributed by atoms with Crippen molar-refractivity contribution in [3.05, 3.63) is 80.8 Å². The standard InChI is InChI=1S/C17H16FN3O4/c1-11-16(12-6-8-14(18)9-7-12)20(23)17(2,19(11)22)13-4-3-5-15(10-13)21(24)25/h3-11,22H,1-2H3/t11-,17+/m0/s1. The second kappa shape index (κ2) is 5.91. The van der Waals surface area contributed by atoms with Crippen molar-refractivity contribution in [3.63, 3.8) is 0 Å². The molecule has 2 aromatic carbocycles. The van der Waals surface area contributed by atoms with E-state index in [1.165, 1.54) is 49.4 Å². The van der Waals surface area contributed by atoms with Gasteiger partial charge in [-0.05, 0) is 37.3 Å². The molecule has 1 N–H and O–H groups in total. The van der Waals surface area contributed by atoms with E-state index in [2.05, 4.69) is 0 Å². The van der Waals surface area contributed by atoms with Gasteiger partial charge in [0.15, 0.2) is 0 Å². The molecule has 7 nitrogen and oxygen atoms in total. The predicted octanol–water partition coefficient (Wildman–Crippen LogP) is 3.00. The Labute approximate surface area is 142 Å². The van der Waals surface area contributed by atoms with Gasteiger partial charge >= 0.3 is 0 Å². The highest BCUT2D eigenvalue weighted by molar-refractivity contribution is 6.01. The summed E-state index contributed by atoms with van der Waals surface area (Å²) in [6.45, 7) is 3.11. The summed E-state index contributed by atoms with van der Waals surface area (Å²) < 4.78 is 13.8. The number of hydrogen-bond donors (Lipinski definition) is 1. The van der Waals surface area contributed by atoms with Gasteiger partial charge in [0.25, 0.3) is 11.4 Å². The van der Waals surface area contributed by atoms with Crippen LogP contribution in [-0.2, 0) is 5.66 Å². The molecule has 0 spiro atoms. The normalized spacial score (nSPS) is 23.9. The number of nitro benzene ring substituents is 1. The van der Waals surface area contributed by atoms with Crippen molar-refractivity contribution in [2.45, 2.75) is 25.6 Å². The molecule has 2 atom stereocenters. The zero-order chi connectivity index (χ0) is 18.4. The van der Waals surface area contributed by atoms with E-state index in [9.17, 15) is 24.9 Å². The van der Waals surface area contributed by atoms with Gasteiger partial charge in [0, 0.05) is 30.2 Å². The van der Waals surface area contributed by atoms with Crippen molar-refractivity contribution < 1.29 is 19.3 Å². The molecule has 1 aliphatic heterocycles. The SMILES string of the molecule is C[C@H]1C(c2ccc(F)cc2)=[N+]([O-])[C@](C)(c2cccc([N+](=O)[O-])c2)N1O. The van der Waals surface area contributed by atoms with Gasteiger partial charge in [-0.1, -0.05) is 6.07 Å². The highest BCUT2D eigenvalue weighted by Gasteiger charge is 2.54. The second-order valence-corrected chi connectivity index (χ2v) is 6.04. The van der Waals surface area contributed by atoms with E-state index < -0.39 is 22.4 Å². The number of hydroxylamine groups is 3. The molecule has 25 heavy (non-hydrogen) atoms. The molecule has 0 aromatic heterocycles. The molecule has 0 unspecified atom stereocenters. The first-order chi connectivity index (χ1) is 11.8. The van der Waals surface area contributed by atoms with Crippen LogP contribution in [0.1, 0.15) is 25.0 Å². The molecule has 3 rings (SSSR count). The molecular formula is C17H16FN3O4. The van der Waals surface area contributed by atoms with Crippen molar-refractivity contribution in [3.8, 4) is 0 Å². The number of non-ortho nitro benzene ring substituents is 1. The lowest BCUT2D eigenvalue weighted by Gasteiger charge is -2.29. The lowest BCUT2D eigenvalue weighted by molar-refractivity contribution is -0.595. The maximum absolute atomic E-state index is 13.2. The summed E-state index contributed by atoms with van der Waals surface area (Å²) in [5.74, 6) is -0.435. The van der Waals surface area contributed by atoms with Crippen LogP contribution in [0.5, 0.6) is 0 Å². The minimum Gasteiger partial charge on any atom is -0.622 e. The molecule has 0 radical (unpaired) electrons. The van der Waals surface area contributed by atoms with Crippen molar-refractivity contribution in [1.82, 2.24) is 5.06 Å². The number of nitrogens with zero attached hydrogens (tertiary/aromatic N) is 3. The maximum Gasteiger partial charge on any atom is 0.274 e. The zero-order valence-electron chi connectivity index (χ0n) is 13.6. The molecular weight excluding hydrogens is 329 g/mol. The van der Waals surface area contributed by atoms with Crippen molar-refractivity contribution in [1.29, 1.82) is 0 Å². The first-order valence-electron chi connectivity index (χ1n) is 7.60. The number of hydrogen-bond acceptors (Lipinski definition) is 5. The van der Waals surface area contributed by atoms with Gasteiger partial charge in [-0.25, -0.2) is 4.39 Å². The highest BCUT2D eigenvalue weighted by Crippen LogP contribution is 2.37. The molecule has 130 valence electrons. The van der Waals surface area contributed by atoms with Gasteiger partial charge in [0.05, 0.1) is 4.92 Å². The molecule has 1 heterocycles. The smallest absolute Gasteiger partial charge is 0.274 e. The fraction of sp³-hybridized carbons (Fsp3) is 0.235. The van der Waals surface area contributed by atoms with Crippen LogP contribution in [0, 0.1) is 21.1 Å². The van der Waals surface area contributed by atoms with E-state index in [0.29, 0.717) is 10.3 Å². The Kier molecular flexibility index (Phi) is 4.02. The van der Waals surface area contributed by atoms with Crippen LogP contribution < -0.4 is 0 Å². The third-order valence-corrected chi connectivity index (χ3v) is 4.57. The van der Waals surface area contributed by atoms with Gasteiger partial charge in [0.1, 0.15) is 11.9 Å². The molecule has 0 saturated carbocycles. The predicted molar refractivity (Wildman–Crippen MR) is 87.7 cm³/mol. The molecule has 0 aliphatic carbocycles. The third-order valence-electron chi connectivity index (χ3n) is 4.57. The van der Waals surface area contributed by atoms with Gasteiger partial charge < -0.3 is 10.4 Å². The molecule has 2 aromatic rings. The largest absolute Gasteiger partial charge is 0.622 e. The van der Waals surface area contributed by atoms with Crippen molar-refractivity contribution in [2.24, 2.45) is 0 Å². The summed E-state index contributed by atoms with van der Waals surface area (Å²) in [4.78, 5) is 10.5. The van der Waals surface area contributed by atoms with Crippen LogP contribution in [-0.4, -0.2) is 31.7 Å². The second-order valence-electron chi connectivity index (χ2n) is 6.04. The first kappa shape index (κ1) is 17.0. The Balaban J connectivity index is 2.16. The van der Waals surface area contributed by atoms with Crippen LogP contribution in [0.4, 0.5) is 10.1 Å². The summed E-state index contributed by atoms with van der Waals surface area (Å²) in [6.07, 6.45) is 0. The monoisotopic (exact) mass is 345 g/mol. The van der Waals surface area contributed by atoms with Gasteiger partial charge in [0.2, 0.25) is 5.71 Å². The molecule has 1 aliphatic rings. The molecule has 0 saturated heterocycles. The van der Waals surface area contributed by atoms with Gasteiger partial charge in [-0.2, -0.15) is 4.74 Å². The molecule has 8 heteroatoms. The number of nitro groups is 1. The van der Waals surface area contributed by atoms with E-state index in [0.717, 1.165) is 5.06 Å². The molecule has 0 amide bonds. The minimum absolute atomic E-state index is 0.177. The third kappa shape index (κ3) is 2.55. The summed E-state index contributed by atoms with van der Waals surface area (Å²) in [5.41, 5.74) is -0.727. The van der Waals surface area contributed by atoms with Gasteiger partial charge in [-0.3, -0.25) is 10.1 Å². The number of halogens is 1. The summed E-state index contributed by atoms with van der Waals surface area (Å²) in [5, 5.41) is 35.5. The Morgan fingerprint density at radius 2 is 1.92 bits per heavy atom. The van der Waals surface area contributed by atoms with Crippen LogP contribution in [0.15, 0.2) is 48.5 Å². The highest BCUT2D eigenvalue weighted by atomic mass is 19.1. The average Bonchev–Trinajstić information content (AvgIpc) is 2.78. The lowest BCUT2D eigenvalue weighted by atomic mass is 10.0. The van der Waals surface area contributed by atoms with Crippen LogP contribution in [0.3, 0.4) is 0 Å². The molecule has 0 bridgehead atoms. The van der Waals surface area contributed by atoms with E-state index >= 15 is 0 Å². The van der Waals surface area contributed by atoms with E-state index in [1.54, 1.807) is 13.0 Å². The summed E-state index contributed by atoms with van der Waals surface area (Å²) in [6, 6.07) is 10.3. The summed E-state index contributed by atoms with van der Waals surface area (Å²) in [7, 11) is 0. The fourth-order valence-corrected chi connectivity index (χ4v) is 3.13. The lowest BCUT2D eigenvalue weighted by Crippen LogP contribution is -2.45. The summed E-state index contributed by atoms with van der Waals surface area (Å²) >= 11 is 0. The topological polar surface area (TPSA) is 92.7 Å². The molecule has 0 fully saturated rings. The maximum atomic E-state index is 13.2. The van der Waals surface area contributed by atoms with Crippen molar-refractivity contribution >= 4 is 11.4 Å². The Hall–Kier alpha value is -2.84. The van der Waals surface area contributed by atoms with Gasteiger partial charge in [-0.15, -0.1) is 5.06 Å². The average molecular weight is 345 g/mol. The Bertz CT molecular complexity index is 868. The Morgan fingerprint density at radius 1 is 1.28 bits per heavy atom. The zero-order valence-corrected chi connectivity index (χ0v) is 13.6. The van der Waals surface area contributed by atoms with E-state index in [4.69, 9.17) is 0 Å². The first-order valence-corrected chi connectivity index (χ1v) is 7.60. The van der Waals surface area contributed by atoms with Crippen LogP contribution in [0.25, 0.3) is 0 Å².